The van der Waals surface area contributed by atoms with Crippen LogP contribution in [0.3, 0.4) is 0 Å². The summed E-state index contributed by atoms with van der Waals surface area (Å²) in [7, 11) is -0.197. The van der Waals surface area contributed by atoms with Gasteiger partial charge < -0.3 is 15.5 Å². The van der Waals surface area contributed by atoms with Gasteiger partial charge in [-0.2, -0.15) is 0 Å². The minimum Gasteiger partial charge on any atom is -0.480 e. The maximum absolute atomic E-state index is 10.0. The average Bonchev–Trinajstić information content (AvgIpc) is 1.82. The molecule has 48 valence electrons. The van der Waals surface area contributed by atoms with E-state index >= 15 is 0 Å². The molecule has 0 unspecified atom stereocenters. The number of carboxylic acid groups (broad SMARTS) is 1. The molecule has 0 aliphatic rings. The number of aliphatic carboxylic acids is 1. The van der Waals surface area contributed by atoms with Crippen molar-refractivity contribution in [2.75, 3.05) is 13.6 Å². The van der Waals surface area contributed by atoms with Gasteiger partial charge in [-0.3, -0.25) is 4.79 Å². The van der Waals surface area contributed by atoms with Crippen LogP contribution in [0.1, 0.15) is 1.37 Å². The fraction of sp³-hybridized carbons (Fsp3) is 0.750. The number of carboxylic acids is 1. The van der Waals surface area contributed by atoms with Crippen molar-refractivity contribution in [2.45, 2.75) is 6.04 Å². The van der Waals surface area contributed by atoms with E-state index in [0.29, 0.717) is 0 Å². The Morgan fingerprint density at radius 3 is 2.88 bits per heavy atom. The van der Waals surface area contributed by atoms with Crippen molar-refractivity contribution >= 4 is 5.97 Å². The zero-order valence-electron chi connectivity index (χ0n) is 5.29. The van der Waals surface area contributed by atoms with Crippen molar-refractivity contribution in [1.82, 2.24) is 5.32 Å². The summed E-state index contributed by atoms with van der Waals surface area (Å²) in [6.07, 6.45) is 0. The van der Waals surface area contributed by atoms with Crippen LogP contribution in [0.25, 0.3) is 0 Å². The van der Waals surface area contributed by atoms with Crippen LogP contribution in [0.4, 0.5) is 0 Å². The maximum Gasteiger partial charge on any atom is 0.323 e. The maximum atomic E-state index is 10.0. The summed E-state index contributed by atoms with van der Waals surface area (Å²) >= 11 is 0. The largest absolute Gasteiger partial charge is 0.480 e. The Bertz CT molecular complexity index is 97.8. The van der Waals surface area contributed by atoms with Gasteiger partial charge in [0.05, 0.1) is 6.61 Å². The minimum atomic E-state index is -1.13. The van der Waals surface area contributed by atoms with Gasteiger partial charge in [0.25, 0.3) is 0 Å². The second kappa shape index (κ2) is 3.40. The highest BCUT2D eigenvalue weighted by Gasteiger charge is 2.11. The van der Waals surface area contributed by atoms with Crippen molar-refractivity contribution in [3.05, 3.63) is 0 Å². The highest BCUT2D eigenvalue weighted by molar-refractivity contribution is 5.73. The Morgan fingerprint density at radius 2 is 2.75 bits per heavy atom. The Hall–Kier alpha value is -0.610. The van der Waals surface area contributed by atoms with Gasteiger partial charge in [0, 0.05) is 1.37 Å². The van der Waals surface area contributed by atoms with Gasteiger partial charge >= 0.3 is 5.97 Å². The van der Waals surface area contributed by atoms with Crippen LogP contribution in [0.5, 0.6) is 0 Å². The molecule has 3 N–H and O–H groups in total. The Labute approximate surface area is 48.5 Å². The molecule has 0 rings (SSSR count). The highest BCUT2D eigenvalue weighted by atomic mass is 16.4. The van der Waals surface area contributed by atoms with E-state index in [1.54, 1.807) is 0 Å². The zero-order chi connectivity index (χ0) is 7.28. The van der Waals surface area contributed by atoms with Crippen LogP contribution in [0.15, 0.2) is 0 Å². The van der Waals surface area contributed by atoms with Crippen LogP contribution in [0.2, 0.25) is 0 Å². The van der Waals surface area contributed by atoms with E-state index < -0.39 is 18.6 Å². The van der Waals surface area contributed by atoms with Crippen LogP contribution in [0, 0.1) is 0 Å². The van der Waals surface area contributed by atoms with Crippen LogP contribution in [-0.2, 0) is 4.79 Å². The topological polar surface area (TPSA) is 69.6 Å². The third-order valence-corrected chi connectivity index (χ3v) is 0.727. The SMILES string of the molecule is [2H]CN[C@@H](CO)C(=O)O. The molecule has 0 fully saturated rings. The Morgan fingerprint density at radius 1 is 2.12 bits per heavy atom. The third kappa shape index (κ3) is 1.90. The molecule has 1 atom stereocenters. The van der Waals surface area contributed by atoms with E-state index in [0.717, 1.165) is 0 Å². The third-order valence-electron chi connectivity index (χ3n) is 0.727. The van der Waals surface area contributed by atoms with E-state index in [2.05, 4.69) is 5.32 Å². The number of nitrogens with one attached hydrogen (secondary N) is 1. The quantitative estimate of drug-likeness (QED) is 0.430. The summed E-state index contributed by atoms with van der Waals surface area (Å²) in [4.78, 5) is 10.0. The normalized spacial score (nSPS) is 14.9. The summed E-state index contributed by atoms with van der Waals surface area (Å²) in [5.41, 5.74) is 0. The number of likely N-dealkylation sites (N-methyl/N-ethyl adjacent to an activating group) is 1. The molecule has 4 heteroatoms. The standard InChI is InChI=1S/C4H9NO3/c1-5-3(2-6)4(7)8/h3,5-6H,2H2,1H3,(H,7,8)/t3-/m0/s1/i1D. The second-order valence-corrected chi connectivity index (χ2v) is 1.28. The predicted octanol–water partition coefficient (Wildman–Crippen LogP) is -1.35. The fourth-order valence-corrected chi connectivity index (χ4v) is 0.230. The summed E-state index contributed by atoms with van der Waals surface area (Å²) in [5.74, 6) is -1.13. The molecule has 0 aliphatic carbocycles. The first kappa shape index (κ1) is 5.53. The molecule has 0 aliphatic heterocycles. The molecule has 0 aromatic rings. The number of rotatable bonds is 3. The van der Waals surface area contributed by atoms with E-state index in [4.69, 9.17) is 11.6 Å². The van der Waals surface area contributed by atoms with Crippen LogP contribution >= 0.6 is 0 Å². The van der Waals surface area contributed by atoms with Gasteiger partial charge in [0.15, 0.2) is 0 Å². The number of aliphatic hydroxyl groups is 1. The van der Waals surface area contributed by atoms with E-state index in [9.17, 15) is 4.79 Å². The van der Waals surface area contributed by atoms with E-state index in [1.165, 1.54) is 0 Å². The predicted molar refractivity (Wildman–Crippen MR) is 27.6 cm³/mol. The number of hydrogen-bond acceptors (Lipinski definition) is 3. The van der Waals surface area contributed by atoms with Crippen molar-refractivity contribution in [2.24, 2.45) is 0 Å². The van der Waals surface area contributed by atoms with Crippen molar-refractivity contribution in [1.29, 1.82) is 0 Å². The second-order valence-electron chi connectivity index (χ2n) is 1.28. The first-order valence-corrected chi connectivity index (χ1v) is 2.08. The van der Waals surface area contributed by atoms with Crippen LogP contribution < -0.4 is 5.32 Å². The van der Waals surface area contributed by atoms with E-state index in [-0.39, 0.29) is 7.02 Å². The van der Waals surface area contributed by atoms with Crippen molar-refractivity contribution in [3.63, 3.8) is 0 Å². The molecule has 0 saturated heterocycles. The van der Waals surface area contributed by atoms with Gasteiger partial charge in [0.1, 0.15) is 6.04 Å². The lowest BCUT2D eigenvalue weighted by Crippen LogP contribution is -2.36. The first-order chi connectivity index (χ1) is 4.22. The van der Waals surface area contributed by atoms with Gasteiger partial charge in [-0.05, 0) is 7.02 Å². The Kier molecular flexibility index (Phi) is 2.35. The van der Waals surface area contributed by atoms with Crippen LogP contribution in [-0.4, -0.2) is 35.9 Å². The summed E-state index contributed by atoms with van der Waals surface area (Å²) in [6, 6.07) is -0.998. The zero-order valence-corrected chi connectivity index (χ0v) is 4.29. The fourth-order valence-electron chi connectivity index (χ4n) is 0.230. The molecular weight excluding hydrogens is 110 g/mol. The lowest BCUT2D eigenvalue weighted by atomic mass is 10.3. The number of aliphatic hydroxyl groups excluding tert-OH is 1. The Balaban J connectivity index is 3.54. The highest BCUT2D eigenvalue weighted by Crippen LogP contribution is 1.76. The molecule has 0 heterocycles. The smallest absolute Gasteiger partial charge is 0.323 e. The van der Waals surface area contributed by atoms with Gasteiger partial charge in [-0.1, -0.05) is 0 Å². The van der Waals surface area contributed by atoms with Crippen molar-refractivity contribution < 1.29 is 16.4 Å². The molecule has 0 radical (unpaired) electrons. The van der Waals surface area contributed by atoms with Gasteiger partial charge in [-0.15, -0.1) is 0 Å². The lowest BCUT2D eigenvalue weighted by Gasteiger charge is -2.04. The van der Waals surface area contributed by atoms with Gasteiger partial charge in [0.2, 0.25) is 0 Å². The molecule has 0 amide bonds. The first-order valence-electron chi connectivity index (χ1n) is 2.79. The molecular formula is C4H9NO3. The molecule has 0 aromatic carbocycles. The lowest BCUT2D eigenvalue weighted by molar-refractivity contribution is -0.140. The summed E-state index contributed by atoms with van der Waals surface area (Å²) < 4.78 is 6.54. The van der Waals surface area contributed by atoms with Crippen molar-refractivity contribution in [3.8, 4) is 0 Å². The number of hydrogen-bond donors (Lipinski definition) is 3. The van der Waals surface area contributed by atoms with Gasteiger partial charge in [-0.25, -0.2) is 0 Å². The summed E-state index contributed by atoms with van der Waals surface area (Å²) in [6.45, 7) is -0.478. The average molecular weight is 120 g/mol. The molecule has 0 saturated carbocycles. The monoisotopic (exact) mass is 120 g/mol. The summed E-state index contributed by atoms with van der Waals surface area (Å²) in [5, 5.41) is 18.7. The molecule has 8 heavy (non-hydrogen) atoms. The number of carbonyl (C=O) groups is 1. The molecule has 4 nitrogen and oxygen atoms in total. The molecule has 0 bridgehead atoms. The van der Waals surface area contributed by atoms with E-state index in [1.807, 2.05) is 0 Å². The minimum absolute atomic E-state index is 0.197. The molecule has 0 spiro atoms. The molecule has 0 aromatic heterocycles.